The molecule has 0 aliphatic heterocycles. The fourth-order valence-electron chi connectivity index (χ4n) is 0.247. The van der Waals surface area contributed by atoms with Crippen LogP contribution < -0.4 is 0 Å². The fraction of sp³-hybridized carbons (Fsp3) is 1.00. The van der Waals surface area contributed by atoms with Gasteiger partial charge in [0.25, 0.3) is 0 Å². The van der Waals surface area contributed by atoms with Crippen molar-refractivity contribution in [1.82, 2.24) is 0 Å². The molecule has 0 aliphatic rings. The smallest absolute Gasteiger partial charge is 0.213 e. The molecule has 0 saturated heterocycles. The van der Waals surface area contributed by atoms with Crippen LogP contribution in [-0.2, 0) is 9.84 Å². The third kappa shape index (κ3) is 8.79. The zero-order valence-electron chi connectivity index (χ0n) is 4.57. The van der Waals surface area contributed by atoms with Crippen LogP contribution >= 0.6 is 34.8 Å². The molecule has 0 fully saturated rings. The SMILES string of the molecule is [O]CCOCC(Cl)(Cl)Cl. The number of halogens is 3. The summed E-state index contributed by atoms with van der Waals surface area (Å²) in [6.07, 6.45) is 0. The van der Waals surface area contributed by atoms with E-state index in [1.807, 2.05) is 0 Å². The maximum absolute atomic E-state index is 9.76. The minimum Gasteiger partial charge on any atom is -0.374 e. The summed E-state index contributed by atoms with van der Waals surface area (Å²) in [6, 6.07) is 0. The van der Waals surface area contributed by atoms with E-state index in [9.17, 15) is 5.11 Å². The molecule has 0 heterocycles. The second-order valence-electron chi connectivity index (χ2n) is 1.37. The van der Waals surface area contributed by atoms with E-state index in [1.165, 1.54) is 0 Å². The Labute approximate surface area is 68.7 Å². The molecule has 9 heavy (non-hydrogen) atoms. The van der Waals surface area contributed by atoms with Crippen LogP contribution in [0, 0.1) is 0 Å². The summed E-state index contributed by atoms with van der Waals surface area (Å²) in [7, 11) is 0. The predicted octanol–water partition coefficient (Wildman–Crippen LogP) is 1.80. The second kappa shape index (κ2) is 4.58. The van der Waals surface area contributed by atoms with Crippen LogP contribution in [0.3, 0.4) is 0 Å². The van der Waals surface area contributed by atoms with Crippen molar-refractivity contribution in [3.8, 4) is 0 Å². The first-order chi connectivity index (χ1) is 4.06. The molecule has 0 aromatic heterocycles. The minimum atomic E-state index is -1.39. The lowest BCUT2D eigenvalue weighted by molar-refractivity contribution is 0.0664. The van der Waals surface area contributed by atoms with E-state index in [-0.39, 0.29) is 19.8 Å². The molecule has 0 saturated carbocycles. The van der Waals surface area contributed by atoms with Crippen LogP contribution in [-0.4, -0.2) is 23.6 Å². The minimum absolute atomic E-state index is 0.0279. The highest BCUT2D eigenvalue weighted by molar-refractivity contribution is 6.67. The highest BCUT2D eigenvalue weighted by Crippen LogP contribution is 2.25. The van der Waals surface area contributed by atoms with Gasteiger partial charge in [-0.05, 0) is 0 Å². The van der Waals surface area contributed by atoms with Gasteiger partial charge in [0.1, 0.15) is 6.61 Å². The van der Waals surface area contributed by atoms with Crippen LogP contribution in [0.25, 0.3) is 0 Å². The lowest BCUT2D eigenvalue weighted by Gasteiger charge is -2.09. The van der Waals surface area contributed by atoms with Crippen LogP contribution in [0.15, 0.2) is 0 Å². The molecule has 55 valence electrons. The van der Waals surface area contributed by atoms with E-state index in [4.69, 9.17) is 34.8 Å². The summed E-state index contributed by atoms with van der Waals surface area (Å²) in [5, 5.41) is 9.76. The van der Waals surface area contributed by atoms with Gasteiger partial charge in [-0.25, -0.2) is 5.11 Å². The van der Waals surface area contributed by atoms with E-state index in [0.29, 0.717) is 0 Å². The molecule has 0 amide bonds. The molecular weight excluding hydrogens is 186 g/mol. The lowest BCUT2D eigenvalue weighted by atomic mass is 10.7. The topological polar surface area (TPSA) is 29.1 Å². The van der Waals surface area contributed by atoms with Gasteiger partial charge in [0.05, 0.1) is 13.2 Å². The number of ether oxygens (including phenoxy) is 1. The normalized spacial score (nSPS) is 12.0. The molecular formula is C4H6Cl3O2. The van der Waals surface area contributed by atoms with E-state index in [1.54, 1.807) is 0 Å². The Bertz CT molecular complexity index is 70.7. The van der Waals surface area contributed by atoms with Gasteiger partial charge in [-0.15, -0.1) is 0 Å². The Balaban J connectivity index is 3.07. The van der Waals surface area contributed by atoms with Crippen molar-refractivity contribution < 1.29 is 9.84 Å². The predicted molar refractivity (Wildman–Crippen MR) is 36.7 cm³/mol. The largest absolute Gasteiger partial charge is 0.374 e. The maximum atomic E-state index is 9.76. The van der Waals surface area contributed by atoms with E-state index >= 15 is 0 Å². The standard InChI is InChI=1S/C4H6Cl3O2/c5-4(6,7)3-9-2-1-8/h1-3H2. The zero-order valence-corrected chi connectivity index (χ0v) is 6.84. The van der Waals surface area contributed by atoms with Crippen LogP contribution in [0.5, 0.6) is 0 Å². The van der Waals surface area contributed by atoms with Gasteiger partial charge in [-0.2, -0.15) is 0 Å². The Morgan fingerprint density at radius 3 is 2.22 bits per heavy atom. The average molecular weight is 192 g/mol. The van der Waals surface area contributed by atoms with E-state index in [2.05, 4.69) is 4.74 Å². The fourth-order valence-corrected chi connectivity index (χ4v) is 0.478. The summed E-state index contributed by atoms with van der Waals surface area (Å²) < 4.78 is 3.25. The molecule has 1 radical (unpaired) electrons. The third-order valence-electron chi connectivity index (χ3n) is 0.493. The third-order valence-corrected chi connectivity index (χ3v) is 0.821. The first-order valence-corrected chi connectivity index (χ1v) is 3.42. The number of hydrogen-bond donors (Lipinski definition) is 0. The van der Waals surface area contributed by atoms with Crippen molar-refractivity contribution in [3.63, 3.8) is 0 Å². The molecule has 2 nitrogen and oxygen atoms in total. The first-order valence-electron chi connectivity index (χ1n) is 2.29. The average Bonchev–Trinajstić information content (AvgIpc) is 1.63. The highest BCUT2D eigenvalue weighted by Gasteiger charge is 2.18. The van der Waals surface area contributed by atoms with E-state index < -0.39 is 3.79 Å². The van der Waals surface area contributed by atoms with Gasteiger partial charge in [0, 0.05) is 0 Å². The van der Waals surface area contributed by atoms with Crippen molar-refractivity contribution in [3.05, 3.63) is 0 Å². The quantitative estimate of drug-likeness (QED) is 0.495. The monoisotopic (exact) mass is 191 g/mol. The van der Waals surface area contributed by atoms with Gasteiger partial charge in [0.2, 0.25) is 3.79 Å². The molecule has 0 aromatic carbocycles. The molecule has 0 spiro atoms. The molecule has 0 rings (SSSR count). The number of rotatable bonds is 3. The Hall–Kier alpha value is 0.790. The van der Waals surface area contributed by atoms with Gasteiger partial charge in [0.15, 0.2) is 0 Å². The number of alkyl halides is 3. The molecule has 0 aromatic rings. The molecule has 0 atom stereocenters. The zero-order chi connectivity index (χ0) is 7.33. The van der Waals surface area contributed by atoms with Crippen molar-refractivity contribution in [2.24, 2.45) is 0 Å². The molecule has 5 heteroatoms. The van der Waals surface area contributed by atoms with Crippen molar-refractivity contribution in [2.45, 2.75) is 3.79 Å². The Kier molecular flexibility index (Phi) is 4.98. The summed E-state index contributed by atoms with van der Waals surface area (Å²) >= 11 is 15.8. The van der Waals surface area contributed by atoms with Gasteiger partial charge >= 0.3 is 0 Å². The molecule has 0 N–H and O–H groups in total. The van der Waals surface area contributed by atoms with Crippen molar-refractivity contribution in [1.29, 1.82) is 0 Å². The van der Waals surface area contributed by atoms with Crippen molar-refractivity contribution >= 4 is 34.8 Å². The first kappa shape index (κ1) is 9.79. The van der Waals surface area contributed by atoms with Crippen LogP contribution in [0.4, 0.5) is 0 Å². The van der Waals surface area contributed by atoms with Gasteiger partial charge in [-0.3, -0.25) is 0 Å². The molecule has 0 aliphatic carbocycles. The van der Waals surface area contributed by atoms with Gasteiger partial charge < -0.3 is 4.74 Å². The maximum Gasteiger partial charge on any atom is 0.213 e. The summed E-state index contributed by atoms with van der Waals surface area (Å²) in [5.41, 5.74) is 0. The van der Waals surface area contributed by atoms with E-state index in [0.717, 1.165) is 0 Å². The molecule has 0 bridgehead atoms. The van der Waals surface area contributed by atoms with Crippen LogP contribution in [0.2, 0.25) is 0 Å². The highest BCUT2D eigenvalue weighted by atomic mass is 35.6. The summed E-state index contributed by atoms with van der Waals surface area (Å²) in [5.74, 6) is 0. The summed E-state index contributed by atoms with van der Waals surface area (Å²) in [4.78, 5) is 0. The Morgan fingerprint density at radius 1 is 1.33 bits per heavy atom. The number of hydrogen-bond acceptors (Lipinski definition) is 1. The summed E-state index contributed by atoms with van der Waals surface area (Å²) in [6.45, 7) is -0.242. The lowest BCUT2D eigenvalue weighted by Crippen LogP contribution is -2.14. The second-order valence-corrected chi connectivity index (χ2v) is 3.89. The Morgan fingerprint density at radius 2 is 1.89 bits per heavy atom. The van der Waals surface area contributed by atoms with Crippen LogP contribution in [0.1, 0.15) is 0 Å². The van der Waals surface area contributed by atoms with Crippen molar-refractivity contribution in [2.75, 3.05) is 19.8 Å². The van der Waals surface area contributed by atoms with Gasteiger partial charge in [-0.1, -0.05) is 34.8 Å². The molecule has 0 unspecified atom stereocenters.